The Labute approximate surface area is 211 Å². The van der Waals surface area contributed by atoms with Gasteiger partial charge in [-0.05, 0) is 73.0 Å². The largest absolute Gasteiger partial charge is 0.490 e. The number of nitrogens with one attached hydrogen (secondary N) is 1. The van der Waals surface area contributed by atoms with Gasteiger partial charge in [-0.1, -0.05) is 40.2 Å². The minimum absolute atomic E-state index is 0.0677. The van der Waals surface area contributed by atoms with Gasteiger partial charge in [0.05, 0.1) is 12.2 Å². The lowest BCUT2D eigenvalue weighted by molar-refractivity contribution is -0.112. The van der Waals surface area contributed by atoms with Crippen molar-refractivity contribution < 1.29 is 24.2 Å². The zero-order valence-electron chi connectivity index (χ0n) is 19.2. The van der Waals surface area contributed by atoms with E-state index in [2.05, 4.69) is 21.2 Å². The third-order valence-electron chi connectivity index (χ3n) is 4.90. The number of carbonyl (C=O) groups is 2. The first-order valence-corrected chi connectivity index (χ1v) is 11.5. The van der Waals surface area contributed by atoms with Crippen molar-refractivity contribution in [1.82, 2.24) is 0 Å². The number of carboxylic acid groups (broad SMARTS) is 1. The second-order valence-corrected chi connectivity index (χ2v) is 8.39. The van der Waals surface area contributed by atoms with Crippen molar-refractivity contribution in [3.63, 3.8) is 0 Å². The highest BCUT2D eigenvalue weighted by atomic mass is 79.9. The third kappa shape index (κ3) is 6.95. The van der Waals surface area contributed by atoms with Crippen LogP contribution in [0.4, 0.5) is 5.69 Å². The van der Waals surface area contributed by atoms with Crippen LogP contribution in [0.25, 0.3) is 6.08 Å². The molecule has 2 N–H and O–H groups in total. The number of halogens is 1. The van der Waals surface area contributed by atoms with Gasteiger partial charge in [0, 0.05) is 10.2 Å². The molecule has 1 amide bonds. The molecule has 0 atom stereocenters. The summed E-state index contributed by atoms with van der Waals surface area (Å²) in [4.78, 5) is 23.7. The van der Waals surface area contributed by atoms with Crippen LogP contribution in [0.15, 0.2) is 70.7 Å². The Hall–Kier alpha value is -4.09. The fourth-order valence-corrected chi connectivity index (χ4v) is 3.61. The van der Waals surface area contributed by atoms with E-state index in [1.165, 1.54) is 18.2 Å². The van der Waals surface area contributed by atoms with Crippen molar-refractivity contribution in [3.8, 4) is 17.6 Å². The van der Waals surface area contributed by atoms with Crippen molar-refractivity contribution in [1.29, 1.82) is 5.26 Å². The molecule has 0 saturated carbocycles. The lowest BCUT2D eigenvalue weighted by Crippen LogP contribution is -2.13. The average molecular weight is 535 g/mol. The van der Waals surface area contributed by atoms with E-state index in [4.69, 9.17) is 14.6 Å². The molecular formula is C27H23BrN2O5. The fourth-order valence-electron chi connectivity index (χ4n) is 3.17. The van der Waals surface area contributed by atoms with Crippen LogP contribution >= 0.6 is 15.9 Å². The van der Waals surface area contributed by atoms with Crippen LogP contribution in [0.1, 0.15) is 34.0 Å². The van der Waals surface area contributed by atoms with Crippen LogP contribution in [0.2, 0.25) is 0 Å². The van der Waals surface area contributed by atoms with Gasteiger partial charge < -0.3 is 19.9 Å². The molecule has 0 spiro atoms. The first kappa shape index (κ1) is 25.5. The predicted molar refractivity (Wildman–Crippen MR) is 136 cm³/mol. The molecule has 3 rings (SSSR count). The van der Waals surface area contributed by atoms with Gasteiger partial charge in [-0.3, -0.25) is 4.79 Å². The molecule has 178 valence electrons. The number of aromatic carboxylic acids is 1. The SMILES string of the molecule is CCOc1cc(/C=C(\C#N)C(=O)Nc2cccc(C)c2)c(Br)cc1OCc1ccc(C(=O)O)cc1. The topological polar surface area (TPSA) is 109 Å². The smallest absolute Gasteiger partial charge is 0.335 e. The number of carboxylic acids is 1. The summed E-state index contributed by atoms with van der Waals surface area (Å²) in [5.41, 5.74) is 3.08. The summed E-state index contributed by atoms with van der Waals surface area (Å²) in [6.07, 6.45) is 1.48. The van der Waals surface area contributed by atoms with Gasteiger partial charge >= 0.3 is 5.97 Å². The van der Waals surface area contributed by atoms with E-state index < -0.39 is 11.9 Å². The lowest BCUT2D eigenvalue weighted by Gasteiger charge is -2.14. The number of carbonyl (C=O) groups excluding carboxylic acids is 1. The first-order valence-electron chi connectivity index (χ1n) is 10.7. The number of nitriles is 1. The minimum Gasteiger partial charge on any atom is -0.490 e. The van der Waals surface area contributed by atoms with Gasteiger partial charge in [-0.2, -0.15) is 5.26 Å². The van der Waals surface area contributed by atoms with Gasteiger partial charge in [0.1, 0.15) is 18.2 Å². The number of ether oxygens (including phenoxy) is 2. The number of aryl methyl sites for hydroxylation is 1. The number of hydrogen-bond acceptors (Lipinski definition) is 5. The summed E-state index contributed by atoms with van der Waals surface area (Å²) >= 11 is 3.48. The quantitative estimate of drug-likeness (QED) is 0.258. The Bertz CT molecular complexity index is 1310. The molecule has 35 heavy (non-hydrogen) atoms. The second-order valence-electron chi connectivity index (χ2n) is 7.54. The molecule has 0 bridgehead atoms. The van der Waals surface area contributed by atoms with Crippen LogP contribution in [-0.2, 0) is 11.4 Å². The molecule has 0 unspecified atom stereocenters. The second kappa shape index (κ2) is 11.9. The maximum Gasteiger partial charge on any atom is 0.335 e. The fraction of sp³-hybridized carbons (Fsp3) is 0.148. The van der Waals surface area contributed by atoms with E-state index in [-0.39, 0.29) is 17.7 Å². The molecule has 0 saturated heterocycles. The molecule has 0 aliphatic carbocycles. The summed E-state index contributed by atoms with van der Waals surface area (Å²) in [6.45, 7) is 4.33. The van der Waals surface area contributed by atoms with Crippen LogP contribution in [0, 0.1) is 18.3 Å². The molecule has 8 heteroatoms. The van der Waals surface area contributed by atoms with Crippen LogP contribution in [0.3, 0.4) is 0 Å². The summed E-state index contributed by atoms with van der Waals surface area (Å²) in [5.74, 6) is -0.609. The van der Waals surface area contributed by atoms with E-state index in [1.54, 1.807) is 30.3 Å². The van der Waals surface area contributed by atoms with Crippen molar-refractivity contribution in [2.75, 3.05) is 11.9 Å². The van der Waals surface area contributed by atoms with Crippen molar-refractivity contribution in [2.24, 2.45) is 0 Å². The molecule has 7 nitrogen and oxygen atoms in total. The summed E-state index contributed by atoms with van der Waals surface area (Å²) < 4.78 is 12.2. The number of benzene rings is 3. The zero-order valence-corrected chi connectivity index (χ0v) is 20.8. The molecule has 0 radical (unpaired) electrons. The van der Waals surface area contributed by atoms with E-state index >= 15 is 0 Å². The molecule has 0 aromatic heterocycles. The Kier molecular flexibility index (Phi) is 8.65. The van der Waals surface area contributed by atoms with E-state index in [9.17, 15) is 14.9 Å². The van der Waals surface area contributed by atoms with Crippen LogP contribution in [0.5, 0.6) is 11.5 Å². The molecule has 3 aromatic carbocycles. The van der Waals surface area contributed by atoms with Gasteiger partial charge in [-0.15, -0.1) is 0 Å². The molecule has 0 heterocycles. The minimum atomic E-state index is -0.993. The van der Waals surface area contributed by atoms with Crippen molar-refractivity contribution >= 4 is 39.6 Å². The standard InChI is InChI=1S/C27H23BrN2O5/c1-3-34-24-13-20(12-21(15-29)26(31)30-22-6-4-5-17(2)11-22)23(28)14-25(24)35-16-18-7-9-19(10-8-18)27(32)33/h4-14H,3,16H2,1-2H3,(H,30,31)(H,32,33)/b21-12+. The van der Waals surface area contributed by atoms with E-state index in [1.807, 2.05) is 38.1 Å². The Morgan fingerprint density at radius 1 is 1.09 bits per heavy atom. The Morgan fingerprint density at radius 3 is 2.43 bits per heavy atom. The predicted octanol–water partition coefficient (Wildman–Crippen LogP) is 5.98. The summed E-state index contributed by atoms with van der Waals surface area (Å²) in [6, 6.07) is 19.0. The van der Waals surface area contributed by atoms with Crippen molar-refractivity contribution in [3.05, 3.63) is 93.0 Å². The van der Waals surface area contributed by atoms with Crippen molar-refractivity contribution in [2.45, 2.75) is 20.5 Å². The first-order chi connectivity index (χ1) is 16.8. The number of amides is 1. The highest BCUT2D eigenvalue weighted by Gasteiger charge is 2.15. The number of nitrogens with zero attached hydrogens (tertiary/aromatic N) is 1. The molecule has 0 aliphatic heterocycles. The molecule has 0 fully saturated rings. The monoisotopic (exact) mass is 534 g/mol. The highest BCUT2D eigenvalue weighted by molar-refractivity contribution is 9.10. The normalized spacial score (nSPS) is 10.9. The van der Waals surface area contributed by atoms with E-state index in [0.29, 0.717) is 33.8 Å². The van der Waals surface area contributed by atoms with Gasteiger partial charge in [-0.25, -0.2) is 4.79 Å². The average Bonchev–Trinajstić information content (AvgIpc) is 2.83. The zero-order chi connectivity index (χ0) is 25.4. The molecule has 0 aliphatic rings. The number of anilines is 1. The van der Waals surface area contributed by atoms with Crippen LogP contribution in [-0.4, -0.2) is 23.6 Å². The van der Waals surface area contributed by atoms with E-state index in [0.717, 1.165) is 11.1 Å². The molecular weight excluding hydrogens is 512 g/mol. The third-order valence-corrected chi connectivity index (χ3v) is 5.59. The van der Waals surface area contributed by atoms with Crippen LogP contribution < -0.4 is 14.8 Å². The van der Waals surface area contributed by atoms with Gasteiger partial charge in [0.25, 0.3) is 5.91 Å². The molecule has 3 aromatic rings. The maximum atomic E-state index is 12.7. The Balaban J connectivity index is 1.82. The van der Waals surface area contributed by atoms with Gasteiger partial charge in [0.15, 0.2) is 11.5 Å². The number of hydrogen-bond donors (Lipinski definition) is 2. The lowest BCUT2D eigenvalue weighted by atomic mass is 10.1. The highest BCUT2D eigenvalue weighted by Crippen LogP contribution is 2.35. The maximum absolute atomic E-state index is 12.7. The van der Waals surface area contributed by atoms with Gasteiger partial charge in [0.2, 0.25) is 0 Å². The Morgan fingerprint density at radius 2 is 1.80 bits per heavy atom. The summed E-state index contributed by atoms with van der Waals surface area (Å²) in [5, 5.41) is 21.4. The summed E-state index contributed by atoms with van der Waals surface area (Å²) in [7, 11) is 0. The number of rotatable bonds is 9.